The molecule has 0 bridgehead atoms. The minimum atomic E-state index is -0.805. The summed E-state index contributed by atoms with van der Waals surface area (Å²) in [6.45, 7) is 3.89. The van der Waals surface area contributed by atoms with E-state index in [1.807, 2.05) is 26.0 Å². The molecular weight excluding hydrogens is 228 g/mol. The summed E-state index contributed by atoms with van der Waals surface area (Å²) in [6.07, 6.45) is 0. The van der Waals surface area contributed by atoms with E-state index >= 15 is 0 Å². The van der Waals surface area contributed by atoms with Crippen molar-refractivity contribution in [2.45, 2.75) is 25.8 Å². The number of benzene rings is 1. The molecule has 1 aromatic rings. The SMILES string of the molecule is CC(C)N(CCO)C(=O)C(C#N)c1ccccc1. The van der Waals surface area contributed by atoms with Gasteiger partial charge in [-0.25, -0.2) is 0 Å². The van der Waals surface area contributed by atoms with Crippen LogP contribution in [0.15, 0.2) is 30.3 Å². The highest BCUT2D eigenvalue weighted by molar-refractivity contribution is 5.86. The van der Waals surface area contributed by atoms with Gasteiger partial charge in [-0.1, -0.05) is 30.3 Å². The molecule has 0 aliphatic rings. The molecule has 1 rings (SSSR count). The summed E-state index contributed by atoms with van der Waals surface area (Å²) in [5, 5.41) is 18.2. The first-order valence-electron chi connectivity index (χ1n) is 5.97. The third-order valence-electron chi connectivity index (χ3n) is 2.76. The van der Waals surface area contributed by atoms with Crippen molar-refractivity contribution in [1.82, 2.24) is 4.90 Å². The minimum Gasteiger partial charge on any atom is -0.395 e. The summed E-state index contributed by atoms with van der Waals surface area (Å²) in [5.74, 6) is -1.06. The van der Waals surface area contributed by atoms with Crippen LogP contribution in [0.25, 0.3) is 0 Å². The normalized spacial score (nSPS) is 11.9. The van der Waals surface area contributed by atoms with Gasteiger partial charge in [-0.15, -0.1) is 0 Å². The van der Waals surface area contributed by atoms with Crippen LogP contribution in [0.3, 0.4) is 0 Å². The number of nitrogens with zero attached hydrogens (tertiary/aromatic N) is 2. The fourth-order valence-electron chi connectivity index (χ4n) is 1.81. The van der Waals surface area contributed by atoms with Crippen LogP contribution in [0, 0.1) is 11.3 Å². The summed E-state index contributed by atoms with van der Waals surface area (Å²) in [7, 11) is 0. The zero-order valence-corrected chi connectivity index (χ0v) is 10.7. The van der Waals surface area contributed by atoms with Gasteiger partial charge in [0.2, 0.25) is 5.91 Å². The monoisotopic (exact) mass is 246 g/mol. The molecule has 1 amide bonds. The van der Waals surface area contributed by atoms with E-state index < -0.39 is 5.92 Å². The standard InChI is InChI=1S/C14H18N2O2/c1-11(2)16(8-9-17)14(18)13(10-15)12-6-4-3-5-7-12/h3-7,11,13,17H,8-9H2,1-2H3. The van der Waals surface area contributed by atoms with Crippen LogP contribution in [0.4, 0.5) is 0 Å². The number of carbonyl (C=O) groups excluding carboxylic acids is 1. The van der Waals surface area contributed by atoms with Crippen LogP contribution < -0.4 is 0 Å². The lowest BCUT2D eigenvalue weighted by molar-refractivity contribution is -0.133. The van der Waals surface area contributed by atoms with Crippen molar-refractivity contribution >= 4 is 5.91 Å². The second-order valence-corrected chi connectivity index (χ2v) is 4.32. The third kappa shape index (κ3) is 3.31. The Labute approximate surface area is 107 Å². The molecule has 1 unspecified atom stereocenters. The average Bonchev–Trinajstić information content (AvgIpc) is 2.37. The van der Waals surface area contributed by atoms with E-state index in [-0.39, 0.29) is 25.1 Å². The van der Waals surface area contributed by atoms with Gasteiger partial charge in [0.1, 0.15) is 5.92 Å². The van der Waals surface area contributed by atoms with E-state index in [4.69, 9.17) is 5.11 Å². The maximum absolute atomic E-state index is 12.3. The zero-order chi connectivity index (χ0) is 13.5. The van der Waals surface area contributed by atoms with Gasteiger partial charge in [-0.3, -0.25) is 4.79 Å². The fourth-order valence-corrected chi connectivity index (χ4v) is 1.81. The van der Waals surface area contributed by atoms with E-state index in [1.54, 1.807) is 24.3 Å². The fraction of sp³-hybridized carbons (Fsp3) is 0.429. The van der Waals surface area contributed by atoms with Gasteiger partial charge in [0.15, 0.2) is 0 Å². The average molecular weight is 246 g/mol. The molecule has 0 aliphatic carbocycles. The number of aliphatic hydroxyl groups is 1. The van der Waals surface area contributed by atoms with Crippen molar-refractivity contribution in [2.24, 2.45) is 0 Å². The molecule has 0 radical (unpaired) electrons. The Balaban J connectivity index is 2.95. The van der Waals surface area contributed by atoms with Crippen LogP contribution in [0.2, 0.25) is 0 Å². The highest BCUT2D eigenvalue weighted by atomic mass is 16.3. The van der Waals surface area contributed by atoms with Crippen LogP contribution in [-0.2, 0) is 4.79 Å². The van der Waals surface area contributed by atoms with Crippen molar-refractivity contribution in [3.05, 3.63) is 35.9 Å². The molecule has 0 saturated heterocycles. The van der Waals surface area contributed by atoms with Crippen LogP contribution in [0.1, 0.15) is 25.3 Å². The molecule has 4 nitrogen and oxygen atoms in total. The molecule has 0 fully saturated rings. The van der Waals surface area contributed by atoms with E-state index in [1.165, 1.54) is 4.90 Å². The number of rotatable bonds is 5. The molecule has 96 valence electrons. The molecule has 4 heteroatoms. The summed E-state index contributed by atoms with van der Waals surface area (Å²) in [5.41, 5.74) is 0.689. The van der Waals surface area contributed by atoms with Gasteiger partial charge in [-0.05, 0) is 19.4 Å². The second kappa shape index (κ2) is 6.77. The second-order valence-electron chi connectivity index (χ2n) is 4.32. The van der Waals surface area contributed by atoms with Crippen LogP contribution >= 0.6 is 0 Å². The molecule has 1 atom stereocenters. The van der Waals surface area contributed by atoms with Gasteiger partial charge in [0.05, 0.1) is 12.7 Å². The van der Waals surface area contributed by atoms with Gasteiger partial charge in [0.25, 0.3) is 0 Å². The van der Waals surface area contributed by atoms with Gasteiger partial charge in [0, 0.05) is 12.6 Å². The number of amides is 1. The lowest BCUT2D eigenvalue weighted by atomic mass is 9.98. The molecular formula is C14H18N2O2. The zero-order valence-electron chi connectivity index (χ0n) is 10.7. The first-order chi connectivity index (χ1) is 8.61. The van der Waals surface area contributed by atoms with Crippen molar-refractivity contribution in [2.75, 3.05) is 13.2 Å². The smallest absolute Gasteiger partial charge is 0.244 e. The summed E-state index contributed by atoms with van der Waals surface area (Å²) in [6, 6.07) is 11.0. The number of carbonyl (C=O) groups is 1. The molecule has 0 aliphatic heterocycles. The summed E-state index contributed by atoms with van der Waals surface area (Å²) >= 11 is 0. The van der Waals surface area contributed by atoms with Crippen molar-refractivity contribution in [3.8, 4) is 6.07 Å². The van der Waals surface area contributed by atoms with Crippen molar-refractivity contribution in [3.63, 3.8) is 0 Å². The van der Waals surface area contributed by atoms with Crippen molar-refractivity contribution < 1.29 is 9.90 Å². The molecule has 0 spiro atoms. The van der Waals surface area contributed by atoms with E-state index in [0.29, 0.717) is 5.56 Å². The van der Waals surface area contributed by atoms with Gasteiger partial charge < -0.3 is 10.0 Å². The Morgan fingerprint density at radius 2 is 2.00 bits per heavy atom. The molecule has 1 N–H and O–H groups in total. The number of aliphatic hydroxyl groups excluding tert-OH is 1. The molecule has 18 heavy (non-hydrogen) atoms. The third-order valence-corrected chi connectivity index (χ3v) is 2.76. The van der Waals surface area contributed by atoms with E-state index in [9.17, 15) is 10.1 Å². The van der Waals surface area contributed by atoms with Gasteiger partial charge in [-0.2, -0.15) is 5.26 Å². The topological polar surface area (TPSA) is 64.3 Å². The first-order valence-corrected chi connectivity index (χ1v) is 5.97. The summed E-state index contributed by atoms with van der Waals surface area (Å²) < 4.78 is 0. The Bertz CT molecular complexity index is 423. The van der Waals surface area contributed by atoms with Gasteiger partial charge >= 0.3 is 0 Å². The Kier molecular flexibility index (Phi) is 5.34. The predicted octanol–water partition coefficient (Wildman–Crippen LogP) is 1.52. The molecule has 1 aromatic carbocycles. The predicted molar refractivity (Wildman–Crippen MR) is 68.7 cm³/mol. The molecule has 0 aromatic heterocycles. The molecule has 0 saturated carbocycles. The highest BCUT2D eigenvalue weighted by Crippen LogP contribution is 2.18. The van der Waals surface area contributed by atoms with Crippen LogP contribution in [-0.4, -0.2) is 35.1 Å². The Morgan fingerprint density at radius 3 is 2.44 bits per heavy atom. The lowest BCUT2D eigenvalue weighted by Gasteiger charge is -2.28. The number of hydrogen-bond donors (Lipinski definition) is 1. The van der Waals surface area contributed by atoms with Crippen molar-refractivity contribution in [1.29, 1.82) is 5.26 Å². The number of nitriles is 1. The Hall–Kier alpha value is -1.86. The van der Waals surface area contributed by atoms with E-state index in [2.05, 4.69) is 0 Å². The quantitative estimate of drug-likeness (QED) is 0.856. The maximum Gasteiger partial charge on any atom is 0.244 e. The maximum atomic E-state index is 12.3. The van der Waals surface area contributed by atoms with Crippen LogP contribution in [0.5, 0.6) is 0 Å². The minimum absolute atomic E-state index is 0.0378. The molecule has 0 heterocycles. The highest BCUT2D eigenvalue weighted by Gasteiger charge is 2.26. The number of hydrogen-bond acceptors (Lipinski definition) is 3. The van der Waals surface area contributed by atoms with E-state index in [0.717, 1.165) is 0 Å². The summed E-state index contributed by atoms with van der Waals surface area (Å²) in [4.78, 5) is 13.8. The Morgan fingerprint density at radius 1 is 1.39 bits per heavy atom. The first kappa shape index (κ1) is 14.2. The largest absolute Gasteiger partial charge is 0.395 e. The lowest BCUT2D eigenvalue weighted by Crippen LogP contribution is -2.41.